The van der Waals surface area contributed by atoms with E-state index in [2.05, 4.69) is 10.1 Å². The molecule has 5 nitrogen and oxygen atoms in total. The summed E-state index contributed by atoms with van der Waals surface area (Å²) >= 11 is 5.91. The van der Waals surface area contributed by atoms with Gasteiger partial charge in [0.05, 0.1) is 29.3 Å². The van der Waals surface area contributed by atoms with Crippen molar-refractivity contribution in [1.29, 1.82) is 5.26 Å². The minimum absolute atomic E-state index is 0.160. The smallest absolute Gasteiger partial charge is 0.339 e. The maximum atomic E-state index is 12.1. The number of halogens is 1. The van der Waals surface area contributed by atoms with Gasteiger partial charge in [0.2, 0.25) is 0 Å². The van der Waals surface area contributed by atoms with E-state index in [9.17, 15) is 9.59 Å². The lowest BCUT2D eigenvalue weighted by Gasteiger charge is -2.08. The number of esters is 1. The monoisotopic (exact) mass is 314 g/mol. The third-order valence-electron chi connectivity index (χ3n) is 2.88. The molecule has 22 heavy (non-hydrogen) atoms. The summed E-state index contributed by atoms with van der Waals surface area (Å²) in [6, 6.07) is 12.8. The summed E-state index contributed by atoms with van der Waals surface area (Å²) in [5.41, 5.74) is 1.29. The highest BCUT2D eigenvalue weighted by atomic mass is 35.5. The molecule has 1 amide bonds. The van der Waals surface area contributed by atoms with Crippen LogP contribution < -0.4 is 5.32 Å². The average Bonchev–Trinajstić information content (AvgIpc) is 2.55. The number of methoxy groups -OCH3 is 1. The van der Waals surface area contributed by atoms with Crippen molar-refractivity contribution in [2.45, 2.75) is 0 Å². The van der Waals surface area contributed by atoms with Crippen molar-refractivity contribution in [2.75, 3.05) is 12.4 Å². The summed E-state index contributed by atoms with van der Waals surface area (Å²) in [4.78, 5) is 23.7. The van der Waals surface area contributed by atoms with Gasteiger partial charge in [-0.25, -0.2) is 4.79 Å². The van der Waals surface area contributed by atoms with Gasteiger partial charge in [-0.15, -0.1) is 0 Å². The number of nitrogens with one attached hydrogen (secondary N) is 1. The van der Waals surface area contributed by atoms with E-state index in [4.69, 9.17) is 16.9 Å². The van der Waals surface area contributed by atoms with Gasteiger partial charge in [0, 0.05) is 11.3 Å². The molecule has 0 aliphatic rings. The highest BCUT2D eigenvalue weighted by molar-refractivity contribution is 6.33. The normalized spacial score (nSPS) is 9.68. The molecule has 2 aromatic carbocycles. The topological polar surface area (TPSA) is 79.2 Å². The Kier molecular flexibility index (Phi) is 4.77. The van der Waals surface area contributed by atoms with E-state index in [1.54, 1.807) is 24.3 Å². The summed E-state index contributed by atoms with van der Waals surface area (Å²) in [6.45, 7) is 0. The van der Waals surface area contributed by atoms with Crippen molar-refractivity contribution in [3.63, 3.8) is 0 Å². The van der Waals surface area contributed by atoms with Gasteiger partial charge in [-0.2, -0.15) is 5.26 Å². The zero-order valence-electron chi connectivity index (χ0n) is 11.6. The van der Waals surface area contributed by atoms with Crippen LogP contribution in [0.3, 0.4) is 0 Å². The van der Waals surface area contributed by atoms with Crippen LogP contribution in [0.1, 0.15) is 26.3 Å². The van der Waals surface area contributed by atoms with Crippen LogP contribution in [0.15, 0.2) is 42.5 Å². The molecular formula is C16H11ClN2O3. The largest absolute Gasteiger partial charge is 0.465 e. The fraction of sp³-hybridized carbons (Fsp3) is 0.0625. The van der Waals surface area contributed by atoms with Gasteiger partial charge in [0.1, 0.15) is 0 Å². The molecule has 2 aromatic rings. The minimum atomic E-state index is -0.590. The number of hydrogen-bond acceptors (Lipinski definition) is 4. The molecule has 0 aliphatic carbocycles. The molecule has 2 rings (SSSR count). The predicted octanol–water partition coefficient (Wildman–Crippen LogP) is 3.25. The minimum Gasteiger partial charge on any atom is -0.465 e. The molecule has 0 radical (unpaired) electrons. The Labute approximate surface area is 132 Å². The number of nitriles is 1. The van der Waals surface area contributed by atoms with Crippen molar-refractivity contribution in [1.82, 2.24) is 0 Å². The van der Waals surface area contributed by atoms with Crippen LogP contribution in [0.2, 0.25) is 5.02 Å². The molecule has 0 spiro atoms. The number of ether oxygens (including phenoxy) is 1. The Balaban J connectivity index is 2.25. The molecule has 0 unspecified atom stereocenters. The van der Waals surface area contributed by atoms with Crippen LogP contribution in [-0.4, -0.2) is 19.0 Å². The number of rotatable bonds is 3. The summed E-state index contributed by atoms with van der Waals surface area (Å²) in [7, 11) is 1.25. The van der Waals surface area contributed by atoms with Gasteiger partial charge in [-0.05, 0) is 36.4 Å². The molecule has 0 fully saturated rings. The van der Waals surface area contributed by atoms with Crippen molar-refractivity contribution in [2.24, 2.45) is 0 Å². The first-order valence-corrected chi connectivity index (χ1v) is 6.62. The Morgan fingerprint density at radius 1 is 1.23 bits per heavy atom. The SMILES string of the molecule is COC(=O)c1cc(NC(=O)c2cccc(C#N)c2)ccc1Cl. The van der Waals surface area contributed by atoms with Gasteiger partial charge < -0.3 is 10.1 Å². The van der Waals surface area contributed by atoms with Crippen LogP contribution in [0, 0.1) is 11.3 Å². The number of anilines is 1. The molecule has 0 bridgehead atoms. The van der Waals surface area contributed by atoms with Gasteiger partial charge in [-0.1, -0.05) is 17.7 Å². The van der Waals surface area contributed by atoms with Crippen LogP contribution in [0.5, 0.6) is 0 Å². The standard InChI is InChI=1S/C16H11ClN2O3/c1-22-16(21)13-8-12(5-6-14(13)17)19-15(20)11-4-2-3-10(7-11)9-18/h2-8H,1H3,(H,19,20). The fourth-order valence-electron chi connectivity index (χ4n) is 1.80. The molecule has 0 atom stereocenters. The predicted molar refractivity (Wildman–Crippen MR) is 81.9 cm³/mol. The zero-order valence-corrected chi connectivity index (χ0v) is 12.3. The molecule has 6 heteroatoms. The van der Waals surface area contributed by atoms with Gasteiger partial charge in [-0.3, -0.25) is 4.79 Å². The third kappa shape index (κ3) is 3.43. The molecule has 0 heterocycles. The molecule has 0 saturated carbocycles. The first-order chi connectivity index (χ1) is 10.5. The number of carbonyl (C=O) groups is 2. The highest BCUT2D eigenvalue weighted by Gasteiger charge is 2.13. The Morgan fingerprint density at radius 3 is 2.68 bits per heavy atom. The molecule has 0 aromatic heterocycles. The van der Waals surface area contributed by atoms with Crippen LogP contribution in [0.25, 0.3) is 0 Å². The first kappa shape index (κ1) is 15.5. The van der Waals surface area contributed by atoms with Crippen molar-refractivity contribution >= 4 is 29.2 Å². The van der Waals surface area contributed by atoms with Gasteiger partial charge in [0.25, 0.3) is 5.91 Å². The van der Waals surface area contributed by atoms with Crippen molar-refractivity contribution in [3.8, 4) is 6.07 Å². The Hall–Kier alpha value is -2.84. The molecular weight excluding hydrogens is 304 g/mol. The highest BCUT2D eigenvalue weighted by Crippen LogP contribution is 2.22. The first-order valence-electron chi connectivity index (χ1n) is 6.24. The number of amides is 1. The maximum absolute atomic E-state index is 12.1. The van der Waals surface area contributed by atoms with E-state index >= 15 is 0 Å². The second-order valence-electron chi connectivity index (χ2n) is 4.33. The lowest BCUT2D eigenvalue weighted by atomic mass is 10.1. The van der Waals surface area contributed by atoms with Crippen LogP contribution in [0.4, 0.5) is 5.69 Å². The Morgan fingerprint density at radius 2 is 2.00 bits per heavy atom. The van der Waals surface area contributed by atoms with Crippen LogP contribution >= 0.6 is 11.6 Å². The number of hydrogen-bond donors (Lipinski definition) is 1. The van der Waals surface area contributed by atoms with E-state index in [1.807, 2.05) is 6.07 Å². The number of carbonyl (C=O) groups excluding carboxylic acids is 2. The van der Waals surface area contributed by atoms with Gasteiger partial charge >= 0.3 is 5.97 Å². The van der Waals surface area contributed by atoms with Crippen LogP contribution in [-0.2, 0) is 4.74 Å². The zero-order chi connectivity index (χ0) is 16.1. The third-order valence-corrected chi connectivity index (χ3v) is 3.21. The van der Waals surface area contributed by atoms with Crippen molar-refractivity contribution in [3.05, 3.63) is 64.2 Å². The Bertz CT molecular complexity index is 781. The quantitative estimate of drug-likeness (QED) is 0.882. The second kappa shape index (κ2) is 6.74. The maximum Gasteiger partial charge on any atom is 0.339 e. The number of benzene rings is 2. The van der Waals surface area contributed by atoms with E-state index in [1.165, 1.54) is 25.3 Å². The van der Waals surface area contributed by atoms with E-state index in [0.29, 0.717) is 16.8 Å². The molecule has 110 valence electrons. The summed E-state index contributed by atoms with van der Waals surface area (Å²) in [5, 5.41) is 11.7. The molecule has 1 N–H and O–H groups in total. The summed E-state index contributed by atoms with van der Waals surface area (Å²) < 4.78 is 4.62. The average molecular weight is 315 g/mol. The fourth-order valence-corrected chi connectivity index (χ4v) is 2.00. The van der Waals surface area contributed by atoms with E-state index in [-0.39, 0.29) is 10.6 Å². The van der Waals surface area contributed by atoms with Gasteiger partial charge in [0.15, 0.2) is 0 Å². The van der Waals surface area contributed by atoms with Crippen molar-refractivity contribution < 1.29 is 14.3 Å². The second-order valence-corrected chi connectivity index (χ2v) is 4.74. The van der Waals surface area contributed by atoms with E-state index in [0.717, 1.165) is 0 Å². The molecule has 0 aliphatic heterocycles. The number of nitrogens with zero attached hydrogens (tertiary/aromatic N) is 1. The summed E-state index contributed by atoms with van der Waals surface area (Å²) in [5.74, 6) is -0.984. The lowest BCUT2D eigenvalue weighted by molar-refractivity contribution is 0.0600. The molecule has 0 saturated heterocycles. The lowest BCUT2D eigenvalue weighted by Crippen LogP contribution is -2.13. The van der Waals surface area contributed by atoms with E-state index < -0.39 is 11.9 Å². The summed E-state index contributed by atoms with van der Waals surface area (Å²) in [6.07, 6.45) is 0.